The standard InChI is InChI=1S/C16H16N6O3/c1-21(2)20-18-14-9-7-12(8-10-14)16(23)19-17-11-13-5-3-4-6-15(13)22(24)25/h3-11H,1-2H3,(H,19,23). The van der Waals surface area contributed by atoms with Crippen molar-refractivity contribution < 1.29 is 9.72 Å². The zero-order chi connectivity index (χ0) is 18.2. The first-order valence-corrected chi connectivity index (χ1v) is 7.23. The summed E-state index contributed by atoms with van der Waals surface area (Å²) in [7, 11) is 3.50. The van der Waals surface area contributed by atoms with Gasteiger partial charge < -0.3 is 0 Å². The number of hydrogen-bond acceptors (Lipinski definition) is 6. The number of benzene rings is 2. The van der Waals surface area contributed by atoms with E-state index in [2.05, 4.69) is 20.9 Å². The van der Waals surface area contributed by atoms with Crippen LogP contribution >= 0.6 is 0 Å². The number of nitrogens with zero attached hydrogens (tertiary/aromatic N) is 5. The summed E-state index contributed by atoms with van der Waals surface area (Å²) in [5.74, 6) is -0.439. The van der Waals surface area contributed by atoms with Crippen LogP contribution in [0.5, 0.6) is 0 Å². The van der Waals surface area contributed by atoms with Crippen molar-refractivity contribution >= 4 is 23.5 Å². The fourth-order valence-corrected chi connectivity index (χ4v) is 1.81. The van der Waals surface area contributed by atoms with Gasteiger partial charge in [0.25, 0.3) is 11.6 Å². The fraction of sp³-hybridized carbons (Fsp3) is 0.125. The number of nitro benzene ring substituents is 1. The molecule has 0 atom stereocenters. The molecule has 9 nitrogen and oxygen atoms in total. The molecule has 0 heterocycles. The number of hydrazone groups is 1. The molecule has 2 aromatic rings. The monoisotopic (exact) mass is 340 g/mol. The Kier molecular flexibility index (Phi) is 5.88. The maximum atomic E-state index is 12.0. The third-order valence-corrected chi connectivity index (χ3v) is 2.97. The van der Waals surface area contributed by atoms with Gasteiger partial charge in [-0.3, -0.25) is 19.9 Å². The Bertz CT molecular complexity index is 815. The molecule has 2 aromatic carbocycles. The van der Waals surface area contributed by atoms with Gasteiger partial charge in [0, 0.05) is 25.7 Å². The molecule has 1 N–H and O–H groups in total. The van der Waals surface area contributed by atoms with Crippen molar-refractivity contribution in [2.24, 2.45) is 15.4 Å². The summed E-state index contributed by atoms with van der Waals surface area (Å²) in [6.07, 6.45) is 1.23. The molecule has 0 saturated heterocycles. The molecule has 0 unspecified atom stereocenters. The van der Waals surface area contributed by atoms with E-state index in [9.17, 15) is 14.9 Å². The summed E-state index contributed by atoms with van der Waals surface area (Å²) < 4.78 is 0. The van der Waals surface area contributed by atoms with E-state index in [0.717, 1.165) is 0 Å². The Morgan fingerprint density at radius 2 is 1.84 bits per heavy atom. The van der Waals surface area contributed by atoms with Gasteiger partial charge in [-0.05, 0) is 30.3 Å². The first-order chi connectivity index (χ1) is 12.0. The predicted molar refractivity (Wildman–Crippen MR) is 92.8 cm³/mol. The largest absolute Gasteiger partial charge is 0.285 e. The lowest BCUT2D eigenvalue weighted by Crippen LogP contribution is -2.17. The van der Waals surface area contributed by atoms with Crippen molar-refractivity contribution in [3.63, 3.8) is 0 Å². The van der Waals surface area contributed by atoms with E-state index >= 15 is 0 Å². The van der Waals surface area contributed by atoms with Crippen molar-refractivity contribution in [1.29, 1.82) is 0 Å². The number of carbonyl (C=O) groups excluding carboxylic acids is 1. The molecular formula is C16H16N6O3. The highest BCUT2D eigenvalue weighted by Gasteiger charge is 2.10. The van der Waals surface area contributed by atoms with Gasteiger partial charge in [-0.1, -0.05) is 17.4 Å². The van der Waals surface area contributed by atoms with E-state index in [-0.39, 0.29) is 5.69 Å². The van der Waals surface area contributed by atoms with E-state index in [1.807, 2.05) is 0 Å². The van der Waals surface area contributed by atoms with Crippen LogP contribution in [0.4, 0.5) is 11.4 Å². The molecule has 128 valence electrons. The molecule has 0 radical (unpaired) electrons. The van der Waals surface area contributed by atoms with Gasteiger partial charge in [-0.15, -0.1) is 5.11 Å². The van der Waals surface area contributed by atoms with E-state index in [0.29, 0.717) is 16.8 Å². The molecule has 0 saturated carbocycles. The van der Waals surface area contributed by atoms with Crippen molar-refractivity contribution in [3.05, 3.63) is 69.8 Å². The SMILES string of the molecule is CN(C)N=Nc1ccc(C(=O)NN=Cc2ccccc2[N+](=O)[O-])cc1. The molecule has 0 aliphatic carbocycles. The minimum absolute atomic E-state index is 0.0869. The van der Waals surface area contributed by atoms with Crippen molar-refractivity contribution in [2.45, 2.75) is 0 Å². The minimum Gasteiger partial charge on any atom is -0.285 e. The number of para-hydroxylation sites is 1. The van der Waals surface area contributed by atoms with Crippen molar-refractivity contribution in [3.8, 4) is 0 Å². The van der Waals surface area contributed by atoms with Gasteiger partial charge in [0.1, 0.15) is 0 Å². The first-order valence-electron chi connectivity index (χ1n) is 7.23. The summed E-state index contributed by atoms with van der Waals surface area (Å²) in [6, 6.07) is 12.6. The van der Waals surface area contributed by atoms with Crippen LogP contribution in [-0.4, -0.2) is 36.1 Å². The Balaban J connectivity index is 2.02. The number of carbonyl (C=O) groups is 1. The molecule has 1 amide bonds. The maximum Gasteiger partial charge on any atom is 0.278 e. The topological polar surface area (TPSA) is 113 Å². The normalized spacial score (nSPS) is 11.0. The summed E-state index contributed by atoms with van der Waals surface area (Å²) in [4.78, 5) is 22.4. The number of nitro groups is 1. The molecule has 25 heavy (non-hydrogen) atoms. The maximum absolute atomic E-state index is 12.0. The first kappa shape index (κ1) is 17.7. The lowest BCUT2D eigenvalue weighted by molar-refractivity contribution is -0.385. The van der Waals surface area contributed by atoms with Crippen LogP contribution < -0.4 is 5.43 Å². The lowest BCUT2D eigenvalue weighted by Gasteiger charge is -2.02. The van der Waals surface area contributed by atoms with Crippen LogP contribution in [0.1, 0.15) is 15.9 Å². The zero-order valence-corrected chi connectivity index (χ0v) is 13.7. The highest BCUT2D eigenvalue weighted by atomic mass is 16.6. The number of amides is 1. The van der Waals surface area contributed by atoms with Gasteiger partial charge in [0.05, 0.1) is 22.4 Å². The Morgan fingerprint density at radius 3 is 2.48 bits per heavy atom. The van der Waals surface area contributed by atoms with Gasteiger partial charge in [-0.2, -0.15) is 5.10 Å². The molecule has 0 spiro atoms. The van der Waals surface area contributed by atoms with Gasteiger partial charge in [-0.25, -0.2) is 5.43 Å². The van der Waals surface area contributed by atoms with Gasteiger partial charge >= 0.3 is 0 Å². The smallest absolute Gasteiger partial charge is 0.278 e. The second kappa shape index (κ2) is 8.29. The quantitative estimate of drug-likeness (QED) is 0.377. The third-order valence-electron chi connectivity index (χ3n) is 2.97. The molecule has 0 aromatic heterocycles. The molecule has 0 aliphatic rings. The van der Waals surface area contributed by atoms with Crippen molar-refractivity contribution in [2.75, 3.05) is 14.1 Å². The van der Waals surface area contributed by atoms with Gasteiger partial charge in [0.2, 0.25) is 0 Å². The van der Waals surface area contributed by atoms with Crippen LogP contribution in [0.25, 0.3) is 0 Å². The number of nitrogens with one attached hydrogen (secondary N) is 1. The predicted octanol–water partition coefficient (Wildman–Crippen LogP) is 2.92. The molecule has 0 aliphatic heterocycles. The van der Waals surface area contributed by atoms with Crippen LogP contribution in [0, 0.1) is 10.1 Å². The average molecular weight is 340 g/mol. The summed E-state index contributed by atoms with van der Waals surface area (Å²) in [6.45, 7) is 0. The third kappa shape index (κ3) is 5.20. The molecule has 2 rings (SSSR count). The summed E-state index contributed by atoms with van der Waals surface area (Å²) >= 11 is 0. The molecule has 0 fully saturated rings. The summed E-state index contributed by atoms with van der Waals surface area (Å²) in [5.41, 5.74) is 3.52. The Morgan fingerprint density at radius 1 is 1.16 bits per heavy atom. The highest BCUT2D eigenvalue weighted by molar-refractivity contribution is 5.95. The second-order valence-corrected chi connectivity index (χ2v) is 5.10. The fourth-order valence-electron chi connectivity index (χ4n) is 1.81. The van der Waals surface area contributed by atoms with Gasteiger partial charge in [0.15, 0.2) is 0 Å². The number of hydrogen-bond donors (Lipinski definition) is 1. The zero-order valence-electron chi connectivity index (χ0n) is 13.7. The lowest BCUT2D eigenvalue weighted by atomic mass is 10.2. The van der Waals surface area contributed by atoms with Crippen molar-refractivity contribution in [1.82, 2.24) is 10.4 Å². The summed E-state index contributed by atoms with van der Waals surface area (Å²) in [5, 5.41) is 24.0. The molecule has 9 heteroatoms. The minimum atomic E-state index is -0.510. The van der Waals surface area contributed by atoms with E-state index in [1.54, 1.807) is 61.6 Å². The van der Waals surface area contributed by atoms with Crippen LogP contribution in [0.15, 0.2) is 64.0 Å². The van der Waals surface area contributed by atoms with Crippen LogP contribution in [0.2, 0.25) is 0 Å². The average Bonchev–Trinajstić information content (AvgIpc) is 2.60. The van der Waals surface area contributed by atoms with Crippen LogP contribution in [0.3, 0.4) is 0 Å². The van der Waals surface area contributed by atoms with E-state index in [1.165, 1.54) is 12.3 Å². The number of rotatable bonds is 6. The molecular weight excluding hydrogens is 324 g/mol. The van der Waals surface area contributed by atoms with E-state index in [4.69, 9.17) is 0 Å². The second-order valence-electron chi connectivity index (χ2n) is 5.10. The van der Waals surface area contributed by atoms with E-state index < -0.39 is 10.8 Å². The van der Waals surface area contributed by atoms with Crippen LogP contribution in [-0.2, 0) is 0 Å². The Labute approximate surface area is 143 Å². The Hall–Kier alpha value is -3.62. The molecule has 0 bridgehead atoms. The highest BCUT2D eigenvalue weighted by Crippen LogP contribution is 2.15.